The SMILES string of the molecule is CCCCc1onc(-c2cccc([N+](=O)[O-])c2)c1I. The van der Waals surface area contributed by atoms with Crippen LogP contribution in [0.25, 0.3) is 11.3 Å². The van der Waals surface area contributed by atoms with E-state index in [1.54, 1.807) is 12.1 Å². The highest BCUT2D eigenvalue weighted by Crippen LogP contribution is 2.29. The molecule has 2 rings (SSSR count). The van der Waals surface area contributed by atoms with Crippen molar-refractivity contribution < 1.29 is 9.45 Å². The second-order valence-electron chi connectivity index (χ2n) is 4.18. The summed E-state index contributed by atoms with van der Waals surface area (Å²) in [6.45, 7) is 2.12. The summed E-state index contributed by atoms with van der Waals surface area (Å²) in [5, 5.41) is 14.8. The first-order chi connectivity index (χ1) is 9.13. The van der Waals surface area contributed by atoms with Gasteiger partial charge in [0.05, 0.1) is 8.49 Å². The van der Waals surface area contributed by atoms with E-state index in [0.29, 0.717) is 11.3 Å². The van der Waals surface area contributed by atoms with Crippen molar-refractivity contribution in [3.8, 4) is 11.3 Å². The van der Waals surface area contributed by atoms with Gasteiger partial charge in [0, 0.05) is 24.1 Å². The fourth-order valence-electron chi connectivity index (χ4n) is 1.75. The molecule has 0 radical (unpaired) electrons. The molecule has 0 N–H and O–H groups in total. The van der Waals surface area contributed by atoms with Crippen LogP contribution >= 0.6 is 22.6 Å². The molecule has 0 unspecified atom stereocenters. The molecule has 2 aromatic rings. The number of aromatic nitrogens is 1. The average Bonchev–Trinajstić information content (AvgIpc) is 2.78. The third kappa shape index (κ3) is 3.12. The number of benzene rings is 1. The maximum Gasteiger partial charge on any atom is 0.270 e. The van der Waals surface area contributed by atoms with Crippen molar-refractivity contribution >= 4 is 28.3 Å². The molecule has 0 fully saturated rings. The minimum atomic E-state index is -0.408. The minimum absolute atomic E-state index is 0.0615. The van der Waals surface area contributed by atoms with Gasteiger partial charge in [0.2, 0.25) is 0 Å². The lowest BCUT2D eigenvalue weighted by molar-refractivity contribution is -0.384. The molecule has 1 aromatic heterocycles. The highest BCUT2D eigenvalue weighted by molar-refractivity contribution is 14.1. The molecule has 1 heterocycles. The molecule has 0 saturated carbocycles. The number of hydrogen-bond donors (Lipinski definition) is 0. The summed E-state index contributed by atoms with van der Waals surface area (Å²) in [4.78, 5) is 10.4. The predicted octanol–water partition coefficient (Wildman–Crippen LogP) is 4.20. The van der Waals surface area contributed by atoms with Gasteiger partial charge in [-0.3, -0.25) is 10.1 Å². The smallest absolute Gasteiger partial charge is 0.270 e. The van der Waals surface area contributed by atoms with Crippen molar-refractivity contribution in [3.05, 3.63) is 43.7 Å². The Morgan fingerprint density at radius 2 is 2.26 bits per heavy atom. The second-order valence-corrected chi connectivity index (χ2v) is 5.26. The van der Waals surface area contributed by atoms with E-state index in [4.69, 9.17) is 4.52 Å². The van der Waals surface area contributed by atoms with Gasteiger partial charge in [-0.15, -0.1) is 0 Å². The summed E-state index contributed by atoms with van der Waals surface area (Å²) in [7, 11) is 0. The minimum Gasteiger partial charge on any atom is -0.360 e. The van der Waals surface area contributed by atoms with E-state index in [2.05, 4.69) is 34.7 Å². The number of nitro benzene ring substituents is 1. The van der Waals surface area contributed by atoms with Gasteiger partial charge in [0.25, 0.3) is 5.69 Å². The number of rotatable bonds is 5. The Morgan fingerprint density at radius 1 is 1.47 bits per heavy atom. The van der Waals surface area contributed by atoms with Crippen molar-refractivity contribution in [1.29, 1.82) is 0 Å². The van der Waals surface area contributed by atoms with Crippen LogP contribution in [0.3, 0.4) is 0 Å². The lowest BCUT2D eigenvalue weighted by atomic mass is 10.1. The van der Waals surface area contributed by atoms with E-state index >= 15 is 0 Å². The molecule has 0 spiro atoms. The maximum atomic E-state index is 10.8. The monoisotopic (exact) mass is 372 g/mol. The molecular formula is C13H13IN2O3. The van der Waals surface area contributed by atoms with Crippen LogP contribution in [-0.2, 0) is 6.42 Å². The van der Waals surface area contributed by atoms with Gasteiger partial charge in [-0.25, -0.2) is 0 Å². The van der Waals surface area contributed by atoms with Gasteiger partial charge in [-0.1, -0.05) is 30.6 Å². The van der Waals surface area contributed by atoms with Crippen molar-refractivity contribution in [2.24, 2.45) is 0 Å². The Balaban J connectivity index is 2.34. The third-order valence-electron chi connectivity index (χ3n) is 2.79. The van der Waals surface area contributed by atoms with Crippen LogP contribution in [0, 0.1) is 13.7 Å². The normalized spacial score (nSPS) is 10.6. The highest BCUT2D eigenvalue weighted by atomic mass is 127. The Bertz CT molecular complexity index is 595. The summed E-state index contributed by atoms with van der Waals surface area (Å²) in [5.74, 6) is 0.851. The zero-order chi connectivity index (χ0) is 13.8. The van der Waals surface area contributed by atoms with E-state index in [9.17, 15) is 10.1 Å². The predicted molar refractivity (Wildman–Crippen MR) is 79.9 cm³/mol. The fraction of sp³-hybridized carbons (Fsp3) is 0.308. The van der Waals surface area contributed by atoms with Gasteiger partial charge >= 0.3 is 0 Å². The first-order valence-corrected chi connectivity index (χ1v) is 7.10. The largest absolute Gasteiger partial charge is 0.360 e. The number of unbranched alkanes of at least 4 members (excludes halogenated alkanes) is 1. The van der Waals surface area contributed by atoms with Gasteiger partial charge in [0.15, 0.2) is 5.76 Å². The summed E-state index contributed by atoms with van der Waals surface area (Å²) in [5.41, 5.74) is 1.45. The Kier molecular flexibility index (Phi) is 4.52. The molecule has 0 bridgehead atoms. The van der Waals surface area contributed by atoms with E-state index < -0.39 is 4.92 Å². The fourth-order valence-corrected chi connectivity index (χ4v) is 2.53. The zero-order valence-electron chi connectivity index (χ0n) is 10.4. The summed E-state index contributed by atoms with van der Waals surface area (Å²) < 4.78 is 6.26. The van der Waals surface area contributed by atoms with Crippen LogP contribution in [0.15, 0.2) is 28.8 Å². The molecular weight excluding hydrogens is 359 g/mol. The average molecular weight is 372 g/mol. The first kappa shape index (κ1) is 14.0. The molecule has 6 heteroatoms. The second kappa shape index (κ2) is 6.14. The Morgan fingerprint density at radius 3 is 2.95 bits per heavy atom. The summed E-state index contributed by atoms with van der Waals surface area (Å²) >= 11 is 2.18. The standard InChI is InChI=1S/C13H13IN2O3/c1-2-3-7-11-12(14)13(15-19-11)9-5-4-6-10(8-9)16(17)18/h4-6,8H,2-3,7H2,1H3. The van der Waals surface area contributed by atoms with Crippen molar-refractivity contribution in [2.75, 3.05) is 0 Å². The van der Waals surface area contributed by atoms with Crippen LogP contribution < -0.4 is 0 Å². The number of halogens is 1. The lowest BCUT2D eigenvalue weighted by Crippen LogP contribution is -1.89. The van der Waals surface area contributed by atoms with E-state index in [0.717, 1.165) is 28.6 Å². The molecule has 1 aromatic carbocycles. The van der Waals surface area contributed by atoms with Crippen LogP contribution in [0.1, 0.15) is 25.5 Å². The highest BCUT2D eigenvalue weighted by Gasteiger charge is 2.16. The van der Waals surface area contributed by atoms with Gasteiger partial charge in [0.1, 0.15) is 5.69 Å². The van der Waals surface area contributed by atoms with Crippen molar-refractivity contribution in [3.63, 3.8) is 0 Å². The van der Waals surface area contributed by atoms with Crippen molar-refractivity contribution in [1.82, 2.24) is 5.16 Å². The molecule has 0 aliphatic carbocycles. The van der Waals surface area contributed by atoms with E-state index in [1.807, 2.05) is 0 Å². The van der Waals surface area contributed by atoms with Gasteiger partial charge in [-0.05, 0) is 29.0 Å². The third-order valence-corrected chi connectivity index (χ3v) is 3.90. The summed E-state index contributed by atoms with van der Waals surface area (Å²) in [6, 6.07) is 6.44. The quantitative estimate of drug-likeness (QED) is 0.448. The van der Waals surface area contributed by atoms with E-state index in [1.165, 1.54) is 12.1 Å². The molecule has 5 nitrogen and oxygen atoms in total. The number of aryl methyl sites for hydroxylation is 1. The summed E-state index contributed by atoms with van der Waals surface area (Å²) in [6.07, 6.45) is 2.97. The number of nitro groups is 1. The van der Waals surface area contributed by atoms with E-state index in [-0.39, 0.29) is 5.69 Å². The maximum absolute atomic E-state index is 10.8. The van der Waals surface area contributed by atoms with Crippen LogP contribution in [0.2, 0.25) is 0 Å². The molecule has 0 aliphatic rings. The van der Waals surface area contributed by atoms with Crippen LogP contribution in [-0.4, -0.2) is 10.1 Å². The molecule has 0 amide bonds. The van der Waals surface area contributed by atoms with Crippen molar-refractivity contribution in [2.45, 2.75) is 26.2 Å². The molecule has 0 aliphatic heterocycles. The van der Waals surface area contributed by atoms with Gasteiger partial charge in [-0.2, -0.15) is 0 Å². The molecule has 100 valence electrons. The number of non-ortho nitro benzene ring substituents is 1. The Hall–Kier alpha value is -1.44. The first-order valence-electron chi connectivity index (χ1n) is 6.02. The van der Waals surface area contributed by atoms with Crippen LogP contribution in [0.4, 0.5) is 5.69 Å². The number of hydrogen-bond acceptors (Lipinski definition) is 4. The Labute approximate surface area is 124 Å². The topological polar surface area (TPSA) is 69.2 Å². The molecule has 19 heavy (non-hydrogen) atoms. The molecule has 0 saturated heterocycles. The number of nitrogens with zero attached hydrogens (tertiary/aromatic N) is 2. The lowest BCUT2D eigenvalue weighted by Gasteiger charge is -1.97. The zero-order valence-corrected chi connectivity index (χ0v) is 12.6. The van der Waals surface area contributed by atoms with Crippen LogP contribution in [0.5, 0.6) is 0 Å². The molecule has 0 atom stereocenters. The van der Waals surface area contributed by atoms with Gasteiger partial charge < -0.3 is 4.52 Å².